The first-order valence-corrected chi connectivity index (χ1v) is 12.9. The van der Waals surface area contributed by atoms with E-state index in [9.17, 15) is 0 Å². The monoisotopic (exact) mass is 428 g/mol. The summed E-state index contributed by atoms with van der Waals surface area (Å²) in [6.45, 7) is 7.41. The Balaban J connectivity index is 1.65. The van der Waals surface area contributed by atoms with Gasteiger partial charge >= 0.3 is 0 Å². The van der Waals surface area contributed by atoms with E-state index in [1.807, 2.05) is 0 Å². The molecule has 0 saturated carbocycles. The van der Waals surface area contributed by atoms with Gasteiger partial charge in [-0.25, -0.2) is 0 Å². The number of benzene rings is 3. The number of nitrogens with one attached hydrogen (secondary N) is 1. The molecule has 3 nitrogen and oxygen atoms in total. The summed E-state index contributed by atoms with van der Waals surface area (Å²) in [6.07, 6.45) is 2.86. The SMILES string of the molecule is CC(C)(C)[Si](OCC(N)Cc1c[nH]c2ccccc12)(c1ccccc1)c1ccccc1. The molecule has 3 aromatic carbocycles. The van der Waals surface area contributed by atoms with E-state index in [-0.39, 0.29) is 11.1 Å². The first-order valence-electron chi connectivity index (χ1n) is 11.0. The lowest BCUT2D eigenvalue weighted by atomic mass is 10.1. The first kappa shape index (κ1) is 21.6. The number of para-hydroxylation sites is 1. The first-order chi connectivity index (χ1) is 14.9. The quantitative estimate of drug-likeness (QED) is 0.422. The molecule has 0 aliphatic rings. The van der Waals surface area contributed by atoms with Gasteiger partial charge in [0.15, 0.2) is 0 Å². The number of aromatic nitrogens is 1. The molecule has 4 aromatic rings. The van der Waals surface area contributed by atoms with Crippen LogP contribution < -0.4 is 16.1 Å². The lowest BCUT2D eigenvalue weighted by Crippen LogP contribution is -2.67. The Hall–Kier alpha value is -2.66. The van der Waals surface area contributed by atoms with Crippen molar-refractivity contribution in [1.82, 2.24) is 4.98 Å². The maximum atomic E-state index is 6.99. The van der Waals surface area contributed by atoms with Crippen molar-refractivity contribution in [3.63, 3.8) is 0 Å². The standard InChI is InChI=1S/C27H32N2OSi/c1-27(2,3)31(23-12-6-4-7-13-23,24-14-8-5-9-15-24)30-20-22(28)18-21-19-29-26-17-11-10-16-25(21)26/h4-17,19,22,29H,18,20,28H2,1-3H3. The number of H-pyrrole nitrogens is 1. The van der Waals surface area contributed by atoms with Gasteiger partial charge in [-0.3, -0.25) is 0 Å². The molecule has 0 radical (unpaired) electrons. The molecule has 4 heteroatoms. The number of aromatic amines is 1. The van der Waals surface area contributed by atoms with Crippen LogP contribution in [0.2, 0.25) is 5.04 Å². The average molecular weight is 429 g/mol. The number of nitrogens with two attached hydrogens (primary N) is 1. The minimum absolute atomic E-state index is 0.0454. The molecule has 3 N–H and O–H groups in total. The fourth-order valence-electron chi connectivity index (χ4n) is 4.64. The summed E-state index contributed by atoms with van der Waals surface area (Å²) < 4.78 is 6.99. The minimum atomic E-state index is -2.55. The Morgan fingerprint density at radius 1 is 0.839 bits per heavy atom. The lowest BCUT2D eigenvalue weighted by molar-refractivity contribution is 0.271. The molecule has 1 aromatic heterocycles. The van der Waals surface area contributed by atoms with Crippen LogP contribution in [0.15, 0.2) is 91.1 Å². The molecule has 1 heterocycles. The van der Waals surface area contributed by atoms with Gasteiger partial charge in [0.05, 0.1) is 6.61 Å². The van der Waals surface area contributed by atoms with Crippen LogP contribution in [0, 0.1) is 0 Å². The fraction of sp³-hybridized carbons (Fsp3) is 0.259. The normalized spacial score (nSPS) is 13.4. The van der Waals surface area contributed by atoms with Crippen molar-refractivity contribution in [2.75, 3.05) is 6.61 Å². The van der Waals surface area contributed by atoms with Crippen LogP contribution in [0.4, 0.5) is 0 Å². The summed E-state index contributed by atoms with van der Waals surface area (Å²) in [7, 11) is -2.55. The van der Waals surface area contributed by atoms with E-state index in [1.165, 1.54) is 21.3 Å². The van der Waals surface area contributed by atoms with Crippen molar-refractivity contribution in [1.29, 1.82) is 0 Å². The van der Waals surface area contributed by atoms with Crippen LogP contribution in [-0.4, -0.2) is 26.0 Å². The average Bonchev–Trinajstić information content (AvgIpc) is 3.17. The third-order valence-corrected chi connectivity index (χ3v) is 11.1. The summed E-state index contributed by atoms with van der Waals surface area (Å²) in [5.74, 6) is 0. The van der Waals surface area contributed by atoms with Crippen molar-refractivity contribution >= 4 is 29.6 Å². The van der Waals surface area contributed by atoms with E-state index in [4.69, 9.17) is 10.2 Å². The zero-order valence-corrected chi connectivity index (χ0v) is 19.6. The highest BCUT2D eigenvalue weighted by molar-refractivity contribution is 6.99. The van der Waals surface area contributed by atoms with Crippen LogP contribution in [0.25, 0.3) is 10.9 Å². The molecule has 0 aliphatic carbocycles. The molecule has 0 fully saturated rings. The third-order valence-electron chi connectivity index (χ3n) is 6.09. The van der Waals surface area contributed by atoms with Crippen molar-refractivity contribution < 1.29 is 4.43 Å². The summed E-state index contributed by atoms with van der Waals surface area (Å²) in [4.78, 5) is 3.35. The van der Waals surface area contributed by atoms with Gasteiger partial charge in [-0.1, -0.05) is 99.6 Å². The van der Waals surface area contributed by atoms with Crippen LogP contribution >= 0.6 is 0 Å². The molecule has 4 rings (SSSR count). The fourth-order valence-corrected chi connectivity index (χ4v) is 9.26. The van der Waals surface area contributed by atoms with Crippen molar-refractivity contribution in [3.05, 3.63) is 96.7 Å². The molecule has 1 unspecified atom stereocenters. The molecule has 160 valence electrons. The number of hydrogen-bond acceptors (Lipinski definition) is 2. The van der Waals surface area contributed by atoms with Gasteiger partial charge in [-0.2, -0.15) is 0 Å². The van der Waals surface area contributed by atoms with Crippen molar-refractivity contribution in [3.8, 4) is 0 Å². The van der Waals surface area contributed by atoms with Gasteiger partial charge in [0, 0.05) is 23.1 Å². The van der Waals surface area contributed by atoms with Gasteiger partial charge in [-0.05, 0) is 33.5 Å². The number of hydrogen-bond donors (Lipinski definition) is 2. The summed E-state index contributed by atoms with van der Waals surface area (Å²) in [6, 6.07) is 29.7. The second-order valence-corrected chi connectivity index (χ2v) is 13.6. The van der Waals surface area contributed by atoms with Crippen LogP contribution in [-0.2, 0) is 10.8 Å². The molecule has 0 amide bonds. The third kappa shape index (κ3) is 4.24. The molecule has 0 bridgehead atoms. The topological polar surface area (TPSA) is 51.0 Å². The Morgan fingerprint density at radius 3 is 1.97 bits per heavy atom. The molecule has 0 saturated heterocycles. The second kappa shape index (κ2) is 8.83. The van der Waals surface area contributed by atoms with Gasteiger partial charge in [0.1, 0.15) is 0 Å². The Kier molecular flexibility index (Phi) is 6.14. The van der Waals surface area contributed by atoms with E-state index in [2.05, 4.69) is 117 Å². The van der Waals surface area contributed by atoms with Crippen LogP contribution in [0.1, 0.15) is 26.3 Å². The predicted octanol–water partition coefficient (Wildman–Crippen LogP) is 4.61. The largest absolute Gasteiger partial charge is 0.406 e. The highest BCUT2D eigenvalue weighted by Crippen LogP contribution is 2.36. The van der Waals surface area contributed by atoms with Gasteiger partial charge in [0.2, 0.25) is 0 Å². The lowest BCUT2D eigenvalue weighted by Gasteiger charge is -2.43. The molecule has 31 heavy (non-hydrogen) atoms. The summed E-state index contributed by atoms with van der Waals surface area (Å²) in [5, 5.41) is 3.76. The second-order valence-electron chi connectivity index (χ2n) is 9.30. The van der Waals surface area contributed by atoms with Crippen LogP contribution in [0.3, 0.4) is 0 Å². The van der Waals surface area contributed by atoms with E-state index in [0.717, 1.165) is 11.9 Å². The molecular weight excluding hydrogens is 396 g/mol. The molecule has 0 spiro atoms. The number of fused-ring (bicyclic) bond motifs is 1. The smallest absolute Gasteiger partial charge is 0.261 e. The Morgan fingerprint density at radius 2 is 1.39 bits per heavy atom. The van der Waals surface area contributed by atoms with E-state index >= 15 is 0 Å². The summed E-state index contributed by atoms with van der Waals surface area (Å²) in [5.41, 5.74) is 9.04. The summed E-state index contributed by atoms with van der Waals surface area (Å²) >= 11 is 0. The maximum Gasteiger partial charge on any atom is 0.261 e. The Bertz CT molecular complexity index is 1080. The zero-order valence-electron chi connectivity index (χ0n) is 18.6. The van der Waals surface area contributed by atoms with Crippen molar-refractivity contribution in [2.24, 2.45) is 5.73 Å². The number of rotatable bonds is 7. The van der Waals surface area contributed by atoms with Gasteiger partial charge in [0.25, 0.3) is 8.32 Å². The predicted molar refractivity (Wildman–Crippen MR) is 134 cm³/mol. The highest BCUT2D eigenvalue weighted by Gasteiger charge is 2.50. The van der Waals surface area contributed by atoms with Gasteiger partial charge in [-0.15, -0.1) is 0 Å². The van der Waals surface area contributed by atoms with Crippen molar-refractivity contribution in [2.45, 2.75) is 38.3 Å². The van der Waals surface area contributed by atoms with E-state index in [0.29, 0.717) is 6.61 Å². The van der Waals surface area contributed by atoms with E-state index in [1.54, 1.807) is 0 Å². The molecule has 0 aliphatic heterocycles. The van der Waals surface area contributed by atoms with Gasteiger partial charge < -0.3 is 15.1 Å². The maximum absolute atomic E-state index is 6.99. The highest BCUT2D eigenvalue weighted by atomic mass is 28.4. The molecule has 1 atom stereocenters. The van der Waals surface area contributed by atoms with E-state index < -0.39 is 8.32 Å². The zero-order chi connectivity index (χ0) is 21.9. The minimum Gasteiger partial charge on any atom is -0.406 e. The Labute approximate surface area is 186 Å². The molecular formula is C27H32N2OSi. The van der Waals surface area contributed by atoms with Crippen LogP contribution in [0.5, 0.6) is 0 Å².